The SMILES string of the molecule is C[NH+](CCO)Cc1cccc(-c2nc(C(=O)[O-])cs2)c1. The minimum absolute atomic E-state index is 0.0292. The van der Waals surface area contributed by atoms with Gasteiger partial charge in [0.1, 0.15) is 18.1 Å². The van der Waals surface area contributed by atoms with Crippen molar-refractivity contribution in [3.05, 3.63) is 40.9 Å². The standard InChI is InChI=1S/C14H16N2O3S/c1-16(5-6-17)8-10-3-2-4-11(7-10)13-15-12(9-20-13)14(18)19/h2-4,7,9,17H,5-6,8H2,1H3,(H,18,19). The van der Waals surface area contributed by atoms with Gasteiger partial charge in [-0.25, -0.2) is 4.98 Å². The Morgan fingerprint density at radius 1 is 1.50 bits per heavy atom. The first-order valence-corrected chi connectivity index (χ1v) is 7.16. The smallest absolute Gasteiger partial charge is 0.124 e. The third kappa shape index (κ3) is 3.63. The lowest BCUT2D eigenvalue weighted by atomic mass is 10.1. The summed E-state index contributed by atoms with van der Waals surface area (Å²) in [6.07, 6.45) is 0. The maximum Gasteiger partial charge on any atom is 0.124 e. The van der Waals surface area contributed by atoms with E-state index < -0.39 is 5.97 Å². The number of rotatable bonds is 6. The van der Waals surface area contributed by atoms with Crippen LogP contribution < -0.4 is 10.0 Å². The number of nitrogens with zero attached hydrogens (tertiary/aromatic N) is 1. The fraction of sp³-hybridized carbons (Fsp3) is 0.286. The van der Waals surface area contributed by atoms with Gasteiger partial charge in [-0.15, -0.1) is 11.3 Å². The molecule has 0 fully saturated rings. The molecule has 1 aromatic carbocycles. The number of carboxylic acids is 1. The molecular weight excluding hydrogens is 276 g/mol. The molecule has 1 atom stereocenters. The second-order valence-electron chi connectivity index (χ2n) is 4.63. The average molecular weight is 292 g/mol. The molecule has 5 nitrogen and oxygen atoms in total. The van der Waals surface area contributed by atoms with Crippen LogP contribution in [0.5, 0.6) is 0 Å². The molecule has 1 heterocycles. The van der Waals surface area contributed by atoms with Crippen LogP contribution in [0.15, 0.2) is 29.6 Å². The summed E-state index contributed by atoms with van der Waals surface area (Å²) in [6.45, 7) is 1.65. The topological polar surface area (TPSA) is 77.7 Å². The fourth-order valence-corrected chi connectivity index (χ4v) is 2.73. The molecule has 0 aliphatic heterocycles. The average Bonchev–Trinajstić information content (AvgIpc) is 2.89. The van der Waals surface area contributed by atoms with Crippen LogP contribution in [-0.2, 0) is 6.54 Å². The molecule has 6 heteroatoms. The highest BCUT2D eigenvalue weighted by molar-refractivity contribution is 7.13. The molecule has 20 heavy (non-hydrogen) atoms. The number of quaternary nitrogens is 1. The number of likely N-dealkylation sites (N-methyl/N-ethyl adjacent to an activating group) is 1. The molecule has 106 valence electrons. The number of nitrogens with one attached hydrogen (secondary N) is 1. The molecule has 0 saturated heterocycles. The summed E-state index contributed by atoms with van der Waals surface area (Å²) in [4.78, 5) is 16.0. The van der Waals surface area contributed by atoms with Crippen molar-refractivity contribution in [2.45, 2.75) is 6.54 Å². The van der Waals surface area contributed by atoms with Crippen molar-refractivity contribution in [1.82, 2.24) is 4.98 Å². The van der Waals surface area contributed by atoms with Gasteiger partial charge in [0.15, 0.2) is 0 Å². The summed E-state index contributed by atoms with van der Waals surface area (Å²) in [5, 5.41) is 21.8. The van der Waals surface area contributed by atoms with Crippen LogP contribution in [0.2, 0.25) is 0 Å². The summed E-state index contributed by atoms with van der Waals surface area (Å²) >= 11 is 1.29. The number of aromatic carboxylic acids is 1. The van der Waals surface area contributed by atoms with E-state index in [0.717, 1.165) is 17.7 Å². The largest absolute Gasteiger partial charge is 0.543 e. The maximum absolute atomic E-state index is 10.7. The van der Waals surface area contributed by atoms with Crippen LogP contribution in [0.25, 0.3) is 10.6 Å². The molecular formula is C14H16N2O3S. The highest BCUT2D eigenvalue weighted by atomic mass is 32.1. The minimum Gasteiger partial charge on any atom is -0.543 e. The van der Waals surface area contributed by atoms with Crippen molar-refractivity contribution < 1.29 is 19.9 Å². The van der Waals surface area contributed by atoms with Gasteiger partial charge >= 0.3 is 0 Å². The molecule has 2 rings (SSSR count). The Bertz CT molecular complexity index is 598. The number of aliphatic hydroxyl groups is 1. The van der Waals surface area contributed by atoms with Crippen molar-refractivity contribution in [3.8, 4) is 10.6 Å². The van der Waals surface area contributed by atoms with E-state index in [4.69, 9.17) is 5.11 Å². The zero-order chi connectivity index (χ0) is 14.5. The molecule has 0 bridgehead atoms. The van der Waals surface area contributed by atoms with Gasteiger partial charge in [-0.3, -0.25) is 0 Å². The van der Waals surface area contributed by atoms with E-state index in [9.17, 15) is 9.90 Å². The number of hydrogen-bond acceptors (Lipinski definition) is 5. The monoisotopic (exact) mass is 292 g/mol. The number of carboxylic acid groups (broad SMARTS) is 1. The third-order valence-electron chi connectivity index (χ3n) is 2.93. The van der Waals surface area contributed by atoms with Gasteiger partial charge in [0, 0.05) is 16.5 Å². The number of aliphatic hydroxyl groups excluding tert-OH is 1. The summed E-state index contributed by atoms with van der Waals surface area (Å²) < 4.78 is 0. The lowest BCUT2D eigenvalue weighted by Crippen LogP contribution is -3.08. The predicted molar refractivity (Wildman–Crippen MR) is 74.4 cm³/mol. The molecule has 0 radical (unpaired) electrons. The number of thiazole rings is 1. The predicted octanol–water partition coefficient (Wildman–Crippen LogP) is -0.819. The molecule has 1 unspecified atom stereocenters. The summed E-state index contributed by atoms with van der Waals surface area (Å²) in [5.74, 6) is -1.25. The van der Waals surface area contributed by atoms with Crippen LogP contribution in [0.3, 0.4) is 0 Å². The zero-order valence-corrected chi connectivity index (χ0v) is 11.9. The van der Waals surface area contributed by atoms with Crippen molar-refractivity contribution in [3.63, 3.8) is 0 Å². The van der Waals surface area contributed by atoms with Crippen LogP contribution in [0.4, 0.5) is 0 Å². The second kappa shape index (κ2) is 6.60. The third-order valence-corrected chi connectivity index (χ3v) is 3.82. The maximum atomic E-state index is 10.7. The summed E-state index contributed by atoms with van der Waals surface area (Å²) in [5.41, 5.74) is 1.99. The minimum atomic E-state index is -1.25. The van der Waals surface area contributed by atoms with Crippen molar-refractivity contribution >= 4 is 17.3 Å². The molecule has 0 aliphatic rings. The van der Waals surface area contributed by atoms with E-state index in [1.807, 2.05) is 31.3 Å². The number of aromatic nitrogens is 1. The molecule has 0 saturated carbocycles. The second-order valence-corrected chi connectivity index (χ2v) is 5.49. The van der Waals surface area contributed by atoms with Gasteiger partial charge in [-0.2, -0.15) is 0 Å². The molecule has 0 aliphatic carbocycles. The Hall–Kier alpha value is -1.76. The van der Waals surface area contributed by atoms with Crippen molar-refractivity contribution in [2.75, 3.05) is 20.2 Å². The van der Waals surface area contributed by atoms with E-state index in [2.05, 4.69) is 4.98 Å². The first-order chi connectivity index (χ1) is 9.60. The highest BCUT2D eigenvalue weighted by Gasteiger charge is 2.08. The van der Waals surface area contributed by atoms with Gasteiger partial charge in [0.25, 0.3) is 0 Å². The van der Waals surface area contributed by atoms with Gasteiger partial charge in [-0.1, -0.05) is 18.2 Å². The van der Waals surface area contributed by atoms with E-state index in [1.165, 1.54) is 21.6 Å². The molecule has 0 spiro atoms. The van der Waals surface area contributed by atoms with E-state index in [0.29, 0.717) is 11.6 Å². The van der Waals surface area contributed by atoms with E-state index >= 15 is 0 Å². The molecule has 2 aromatic rings. The number of carbonyl (C=O) groups is 1. The summed E-state index contributed by atoms with van der Waals surface area (Å²) in [6, 6.07) is 7.84. The van der Waals surface area contributed by atoms with Gasteiger partial charge in [0.2, 0.25) is 0 Å². The highest BCUT2D eigenvalue weighted by Crippen LogP contribution is 2.24. The molecule has 2 N–H and O–H groups in total. The van der Waals surface area contributed by atoms with Crippen molar-refractivity contribution in [1.29, 1.82) is 0 Å². The Morgan fingerprint density at radius 3 is 2.95 bits per heavy atom. The zero-order valence-electron chi connectivity index (χ0n) is 11.1. The van der Waals surface area contributed by atoms with Crippen LogP contribution >= 0.6 is 11.3 Å². The van der Waals surface area contributed by atoms with Crippen LogP contribution in [0, 0.1) is 0 Å². The van der Waals surface area contributed by atoms with E-state index in [1.54, 1.807) is 0 Å². The van der Waals surface area contributed by atoms with Gasteiger partial charge < -0.3 is 19.9 Å². The normalized spacial score (nSPS) is 12.3. The van der Waals surface area contributed by atoms with Crippen LogP contribution in [-0.4, -0.2) is 36.3 Å². The van der Waals surface area contributed by atoms with Gasteiger partial charge in [-0.05, 0) is 6.07 Å². The number of benzene rings is 1. The first kappa shape index (κ1) is 14.6. The van der Waals surface area contributed by atoms with Gasteiger partial charge in [0.05, 0.1) is 25.3 Å². The Labute approximate surface area is 121 Å². The quantitative estimate of drug-likeness (QED) is 0.729. The van der Waals surface area contributed by atoms with E-state index in [-0.39, 0.29) is 12.3 Å². The lowest BCUT2D eigenvalue weighted by Gasteiger charge is -2.12. The Kier molecular flexibility index (Phi) is 4.84. The molecule has 1 aromatic heterocycles. The Balaban J connectivity index is 2.18. The van der Waals surface area contributed by atoms with Crippen molar-refractivity contribution in [2.24, 2.45) is 0 Å². The Morgan fingerprint density at radius 2 is 2.30 bits per heavy atom. The summed E-state index contributed by atoms with van der Waals surface area (Å²) in [7, 11) is 2.01. The fourth-order valence-electron chi connectivity index (χ4n) is 1.94. The first-order valence-electron chi connectivity index (χ1n) is 6.28. The number of carbonyl (C=O) groups excluding carboxylic acids is 1. The molecule has 0 amide bonds. The van der Waals surface area contributed by atoms with Crippen LogP contribution in [0.1, 0.15) is 16.1 Å². The number of hydrogen-bond donors (Lipinski definition) is 2. The lowest BCUT2D eigenvalue weighted by molar-refractivity contribution is -0.894.